The van der Waals surface area contributed by atoms with Crippen molar-refractivity contribution in [3.05, 3.63) is 0 Å². The van der Waals surface area contributed by atoms with Gasteiger partial charge in [-0.1, -0.05) is 0 Å². The molecule has 0 spiro atoms. The second-order valence-electron chi connectivity index (χ2n) is 1.22. The normalized spacial score (nSPS) is 10.2. The Hall–Kier alpha value is 1.82. The molecular weight excluding hydrogens is 466 g/mol. The van der Waals surface area contributed by atoms with Gasteiger partial charge in [-0.3, -0.25) is 25.3 Å². The van der Waals surface area contributed by atoms with Crippen molar-refractivity contribution in [2.24, 2.45) is 0 Å². The molecule has 0 aliphatic heterocycles. The zero-order valence-corrected chi connectivity index (χ0v) is 15.4. The van der Waals surface area contributed by atoms with Crippen LogP contribution in [-0.2, 0) is 96.6 Å². The van der Waals surface area contributed by atoms with E-state index in [0.29, 0.717) is 0 Å². The van der Waals surface area contributed by atoms with Gasteiger partial charge < -0.3 is 27.3 Å². The average molecular weight is 466 g/mol. The van der Waals surface area contributed by atoms with Gasteiger partial charge in [-0.15, -0.1) is 0 Å². The van der Waals surface area contributed by atoms with Gasteiger partial charge in [0.15, 0.2) is 0 Å². The van der Waals surface area contributed by atoms with E-state index in [-0.39, 0.29) is 65.4 Å². The molecule has 0 radical (unpaired) electrons. The van der Waals surface area contributed by atoms with E-state index >= 15 is 0 Å². The Morgan fingerprint density at radius 1 is 0.412 bits per heavy atom. The van der Waals surface area contributed by atoms with Crippen LogP contribution in [0.2, 0.25) is 0 Å². The Morgan fingerprint density at radius 2 is 0.412 bits per heavy atom. The average Bonchev–Trinajstić information content (AvgIpc) is 1.41. The summed E-state index contributed by atoms with van der Waals surface area (Å²) in [7, 11) is -15.5. The fourth-order valence-electron chi connectivity index (χ4n) is 0. The minimum Gasteiger partial charge on any atom is -0.759 e. The molecule has 0 bridgehead atoms. The molecule has 0 aromatic rings. The van der Waals surface area contributed by atoms with Crippen LogP contribution < -0.4 is 0 Å². The van der Waals surface area contributed by atoms with E-state index in [1.165, 1.54) is 0 Å². The minimum absolute atomic E-state index is 0. The number of rotatable bonds is 0. The van der Waals surface area contributed by atoms with Gasteiger partial charge in [0.2, 0.25) is 0 Å². The number of hydrogen-bond acceptors (Lipinski definition) is 12. The van der Waals surface area contributed by atoms with Crippen molar-refractivity contribution >= 4 is 31.2 Å². The molecule has 0 fully saturated rings. The van der Waals surface area contributed by atoms with Crippen molar-refractivity contribution in [2.45, 2.75) is 0 Å². The maximum Gasteiger partial charge on any atom is 3.00 e. The summed E-state index contributed by atoms with van der Waals surface area (Å²) in [5.41, 5.74) is 0. The van der Waals surface area contributed by atoms with Gasteiger partial charge in [0.05, 0.1) is 0 Å². The van der Waals surface area contributed by atoms with Crippen molar-refractivity contribution in [1.29, 1.82) is 0 Å². The Labute approximate surface area is 147 Å². The molecule has 0 unspecified atom stereocenters. The van der Waals surface area contributed by atoms with Gasteiger partial charge in [-0.05, 0) is 0 Å². The second-order valence-corrected chi connectivity index (χ2v) is 3.67. The van der Waals surface area contributed by atoms with Crippen molar-refractivity contribution in [3.8, 4) is 0 Å². The summed E-state index contributed by atoms with van der Waals surface area (Å²) in [6, 6.07) is 0. The van der Waals surface area contributed by atoms with Gasteiger partial charge in [0, 0.05) is 31.2 Å². The zero-order valence-electron chi connectivity index (χ0n) is 7.28. The molecule has 96 valence electrons. The van der Waals surface area contributed by atoms with Crippen molar-refractivity contribution in [1.82, 2.24) is 0 Å². The van der Waals surface area contributed by atoms with E-state index in [1.54, 1.807) is 0 Å². The fourth-order valence-corrected chi connectivity index (χ4v) is 0. The third-order valence-corrected chi connectivity index (χ3v) is 0. The topological polar surface area (TPSA) is 241 Å². The quantitative estimate of drug-likeness (QED) is 0.245. The first-order valence-corrected chi connectivity index (χ1v) is 6.00. The summed E-state index contributed by atoms with van der Waals surface area (Å²) in [6.45, 7) is 0. The molecule has 0 aliphatic rings. The molecule has 17 heteroatoms. The van der Waals surface area contributed by atoms with Crippen LogP contribution in [0.3, 0.4) is 0 Å². The molecule has 0 saturated heterocycles. The molecule has 0 N–H and O–H groups in total. The van der Waals surface area contributed by atoms with Gasteiger partial charge in [0.25, 0.3) is 0 Å². The van der Waals surface area contributed by atoms with Crippen LogP contribution in [0.15, 0.2) is 0 Å². The van der Waals surface area contributed by atoms with E-state index in [1.807, 2.05) is 0 Å². The molecular formula is O12S3Y2. The minimum atomic E-state index is -5.17. The molecule has 0 aromatic heterocycles. The SMILES string of the molecule is O=S(=O)([O-])[O-].O=S(=O)([O-])[O-].O=S(=O)([O-])[O-].[Y+3].[Y+3]. The summed E-state index contributed by atoms with van der Waals surface area (Å²) in [5.74, 6) is 0. The van der Waals surface area contributed by atoms with E-state index in [0.717, 1.165) is 0 Å². The van der Waals surface area contributed by atoms with Crippen molar-refractivity contribution in [2.75, 3.05) is 0 Å². The van der Waals surface area contributed by atoms with Crippen LogP contribution in [0.5, 0.6) is 0 Å². The van der Waals surface area contributed by atoms with Crippen LogP contribution in [-0.4, -0.2) is 52.6 Å². The molecule has 0 saturated carbocycles. The Kier molecular flexibility index (Phi) is 23.6. The first-order valence-electron chi connectivity index (χ1n) is 2.00. The number of hydrogen-bond donors (Lipinski definition) is 0. The summed E-state index contributed by atoms with van der Waals surface area (Å²) >= 11 is 0. The maximum atomic E-state index is 8.52. The summed E-state index contributed by atoms with van der Waals surface area (Å²) in [6.07, 6.45) is 0. The van der Waals surface area contributed by atoms with E-state index < -0.39 is 31.2 Å². The summed E-state index contributed by atoms with van der Waals surface area (Å²) in [4.78, 5) is 0. The molecule has 0 amide bonds. The smallest absolute Gasteiger partial charge is 0.759 e. The summed E-state index contributed by atoms with van der Waals surface area (Å²) in [5, 5.41) is 0. The zero-order chi connectivity index (χ0) is 13.5. The first kappa shape index (κ1) is 31.3. The molecule has 0 rings (SSSR count). The molecule has 0 heterocycles. The second kappa shape index (κ2) is 12.8. The van der Waals surface area contributed by atoms with Gasteiger partial charge >= 0.3 is 65.4 Å². The van der Waals surface area contributed by atoms with Crippen LogP contribution in [0.4, 0.5) is 0 Å². The van der Waals surface area contributed by atoms with Gasteiger partial charge in [-0.25, -0.2) is 0 Å². The summed E-state index contributed by atoms with van der Waals surface area (Å²) < 4.78 is 102. The first-order chi connectivity index (χ1) is 6.00. The molecule has 0 atom stereocenters. The Bertz CT molecular complexity index is 341. The molecule has 0 aromatic carbocycles. The molecule has 17 heavy (non-hydrogen) atoms. The third-order valence-electron chi connectivity index (χ3n) is 0. The fraction of sp³-hybridized carbons (Fsp3) is 0. The van der Waals surface area contributed by atoms with Gasteiger partial charge in [-0.2, -0.15) is 0 Å². The van der Waals surface area contributed by atoms with E-state index in [4.69, 9.17) is 52.6 Å². The van der Waals surface area contributed by atoms with Crippen molar-refractivity contribution < 1.29 is 118 Å². The van der Waals surface area contributed by atoms with Crippen LogP contribution in [0.25, 0.3) is 0 Å². The Balaban J connectivity index is -0.0000000400. The monoisotopic (exact) mass is 466 g/mol. The Morgan fingerprint density at radius 3 is 0.412 bits per heavy atom. The van der Waals surface area contributed by atoms with Crippen molar-refractivity contribution in [3.63, 3.8) is 0 Å². The standard InChI is InChI=1S/3H2O4S.2Y/c3*1-5(2,3)4;;/h3*(H2,1,2,3,4);;/q;;;2*+3/p-6. The van der Waals surface area contributed by atoms with Gasteiger partial charge in [0.1, 0.15) is 0 Å². The molecule has 12 nitrogen and oxygen atoms in total. The largest absolute Gasteiger partial charge is 3.00 e. The maximum absolute atomic E-state index is 8.52. The third kappa shape index (κ3) is 1350. The van der Waals surface area contributed by atoms with Crippen LogP contribution >= 0.6 is 0 Å². The van der Waals surface area contributed by atoms with E-state index in [9.17, 15) is 0 Å². The van der Waals surface area contributed by atoms with E-state index in [2.05, 4.69) is 0 Å². The molecule has 0 aliphatic carbocycles. The predicted octanol–water partition coefficient (Wildman–Crippen LogP) is -4.02. The predicted molar refractivity (Wildman–Crippen MR) is 31.4 cm³/mol. The van der Waals surface area contributed by atoms with Crippen LogP contribution in [0.1, 0.15) is 0 Å². The van der Waals surface area contributed by atoms with Crippen LogP contribution in [0, 0.1) is 0 Å².